The van der Waals surface area contributed by atoms with Crippen LogP contribution in [0, 0.1) is 5.92 Å². The topological polar surface area (TPSA) is 140 Å². The Kier molecular flexibility index (Phi) is 5.20. The van der Waals surface area contributed by atoms with Gasteiger partial charge < -0.3 is 25.1 Å². The van der Waals surface area contributed by atoms with E-state index in [9.17, 15) is 19.5 Å². The number of rotatable bonds is 7. The SMILES string of the molecule is COc1ccc2c(CC(C[C@H](N)C(=O)O)C(=O)O)cc(=O)oc2c1. The maximum Gasteiger partial charge on any atom is 0.336 e. The summed E-state index contributed by atoms with van der Waals surface area (Å²) in [6, 6.07) is 4.75. The van der Waals surface area contributed by atoms with E-state index in [1.807, 2.05) is 0 Å². The summed E-state index contributed by atoms with van der Waals surface area (Å²) in [5.74, 6) is -3.00. The zero-order valence-electron chi connectivity index (χ0n) is 12.9. The molecule has 128 valence electrons. The Balaban J connectivity index is 2.41. The van der Waals surface area contributed by atoms with Crippen molar-refractivity contribution in [3.8, 4) is 5.75 Å². The number of hydrogen-bond donors (Lipinski definition) is 3. The highest BCUT2D eigenvalue weighted by molar-refractivity contribution is 5.82. The van der Waals surface area contributed by atoms with Crippen molar-refractivity contribution in [3.05, 3.63) is 40.2 Å². The zero-order chi connectivity index (χ0) is 17.9. The predicted octanol–water partition coefficient (Wildman–Crippen LogP) is 0.847. The van der Waals surface area contributed by atoms with Gasteiger partial charge in [-0.2, -0.15) is 0 Å². The van der Waals surface area contributed by atoms with Crippen LogP contribution in [-0.2, 0) is 16.0 Å². The molecular weight excluding hydrogens is 318 g/mol. The number of benzene rings is 1. The number of carboxylic acid groups (broad SMARTS) is 2. The average Bonchev–Trinajstić information content (AvgIpc) is 2.52. The number of aliphatic carboxylic acids is 2. The first-order chi connectivity index (χ1) is 11.3. The number of methoxy groups -OCH3 is 1. The lowest BCUT2D eigenvalue weighted by Gasteiger charge is -2.16. The summed E-state index contributed by atoms with van der Waals surface area (Å²) < 4.78 is 10.2. The second-order valence-corrected chi connectivity index (χ2v) is 5.37. The van der Waals surface area contributed by atoms with Gasteiger partial charge in [0.05, 0.1) is 13.0 Å². The Labute approximate surface area is 136 Å². The molecule has 0 bridgehead atoms. The van der Waals surface area contributed by atoms with E-state index in [0.29, 0.717) is 16.7 Å². The second-order valence-electron chi connectivity index (χ2n) is 5.37. The third-order valence-electron chi connectivity index (χ3n) is 3.71. The maximum absolute atomic E-state index is 11.7. The van der Waals surface area contributed by atoms with Crippen molar-refractivity contribution in [1.29, 1.82) is 0 Å². The van der Waals surface area contributed by atoms with Gasteiger partial charge in [-0.3, -0.25) is 9.59 Å². The Bertz CT molecular complexity index is 827. The molecule has 8 nitrogen and oxygen atoms in total. The van der Waals surface area contributed by atoms with Gasteiger partial charge >= 0.3 is 17.6 Å². The Morgan fingerprint density at radius 3 is 2.54 bits per heavy atom. The van der Waals surface area contributed by atoms with Gasteiger partial charge in [0.15, 0.2) is 0 Å². The molecule has 0 saturated carbocycles. The summed E-state index contributed by atoms with van der Waals surface area (Å²) in [6.45, 7) is 0. The summed E-state index contributed by atoms with van der Waals surface area (Å²) in [5, 5.41) is 18.7. The molecule has 0 fully saturated rings. The summed E-state index contributed by atoms with van der Waals surface area (Å²) in [4.78, 5) is 34.0. The van der Waals surface area contributed by atoms with E-state index in [-0.39, 0.29) is 18.4 Å². The molecule has 1 aromatic carbocycles. The number of nitrogens with two attached hydrogens (primary N) is 1. The molecule has 0 aliphatic heterocycles. The molecule has 1 heterocycles. The van der Waals surface area contributed by atoms with Crippen LogP contribution in [0.25, 0.3) is 11.0 Å². The van der Waals surface area contributed by atoms with Crippen molar-refractivity contribution in [2.45, 2.75) is 18.9 Å². The highest BCUT2D eigenvalue weighted by Gasteiger charge is 2.25. The van der Waals surface area contributed by atoms with Gasteiger partial charge in [-0.15, -0.1) is 0 Å². The molecule has 24 heavy (non-hydrogen) atoms. The molecule has 8 heteroatoms. The van der Waals surface area contributed by atoms with Gasteiger partial charge in [0.25, 0.3) is 0 Å². The lowest BCUT2D eigenvalue weighted by Crippen LogP contribution is -2.35. The normalized spacial score (nSPS) is 13.4. The third kappa shape index (κ3) is 3.90. The molecule has 0 saturated heterocycles. The van der Waals surface area contributed by atoms with Gasteiger partial charge in [-0.25, -0.2) is 4.79 Å². The van der Waals surface area contributed by atoms with E-state index in [1.165, 1.54) is 19.2 Å². The van der Waals surface area contributed by atoms with Gasteiger partial charge in [-0.05, 0) is 30.5 Å². The molecule has 2 atom stereocenters. The molecule has 2 aromatic rings. The van der Waals surface area contributed by atoms with Crippen molar-refractivity contribution >= 4 is 22.9 Å². The molecule has 0 spiro atoms. The minimum absolute atomic E-state index is 0.0370. The number of fused-ring (bicyclic) bond motifs is 1. The summed E-state index contributed by atoms with van der Waals surface area (Å²) >= 11 is 0. The lowest BCUT2D eigenvalue weighted by atomic mass is 9.92. The van der Waals surface area contributed by atoms with E-state index in [0.717, 1.165) is 0 Å². The van der Waals surface area contributed by atoms with Crippen LogP contribution < -0.4 is 16.1 Å². The van der Waals surface area contributed by atoms with Crippen LogP contribution in [0.4, 0.5) is 0 Å². The number of carbonyl (C=O) groups is 2. The summed E-state index contributed by atoms with van der Waals surface area (Å²) in [7, 11) is 1.47. The Morgan fingerprint density at radius 1 is 1.25 bits per heavy atom. The van der Waals surface area contributed by atoms with Crippen molar-refractivity contribution < 1.29 is 29.0 Å². The Morgan fingerprint density at radius 2 is 1.96 bits per heavy atom. The molecule has 2 rings (SSSR count). The summed E-state index contributed by atoms with van der Waals surface area (Å²) in [5.41, 5.74) is 5.52. The molecule has 0 aliphatic carbocycles. The first kappa shape index (κ1) is 17.5. The fourth-order valence-corrected chi connectivity index (χ4v) is 2.45. The highest BCUT2D eigenvalue weighted by atomic mass is 16.5. The van der Waals surface area contributed by atoms with Crippen LogP contribution in [0.15, 0.2) is 33.5 Å². The minimum Gasteiger partial charge on any atom is -0.497 e. The van der Waals surface area contributed by atoms with Crippen molar-refractivity contribution in [2.24, 2.45) is 11.7 Å². The van der Waals surface area contributed by atoms with E-state index < -0.39 is 29.5 Å². The van der Waals surface area contributed by atoms with Crippen molar-refractivity contribution in [3.63, 3.8) is 0 Å². The van der Waals surface area contributed by atoms with Crippen molar-refractivity contribution in [1.82, 2.24) is 0 Å². The number of carboxylic acids is 2. The standard InChI is InChI=1S/C16H17NO7/c1-23-10-2-3-11-8(6-14(18)24-13(11)7-10)4-9(15(19)20)5-12(17)16(21)22/h2-3,6-7,9,12H,4-5,17H2,1H3,(H,19,20)(H,21,22)/t9?,12-/m0/s1. The van der Waals surface area contributed by atoms with Crippen LogP contribution in [0.5, 0.6) is 5.75 Å². The predicted molar refractivity (Wildman–Crippen MR) is 84.1 cm³/mol. The monoisotopic (exact) mass is 335 g/mol. The minimum atomic E-state index is -1.29. The van der Waals surface area contributed by atoms with Crippen LogP contribution in [0.3, 0.4) is 0 Å². The first-order valence-corrected chi connectivity index (χ1v) is 7.13. The van der Waals surface area contributed by atoms with Crippen LogP contribution in [0.1, 0.15) is 12.0 Å². The van der Waals surface area contributed by atoms with E-state index >= 15 is 0 Å². The van der Waals surface area contributed by atoms with Crippen LogP contribution in [0.2, 0.25) is 0 Å². The quantitative estimate of drug-likeness (QED) is 0.632. The van der Waals surface area contributed by atoms with Gasteiger partial charge in [0.2, 0.25) is 0 Å². The van der Waals surface area contributed by atoms with Gasteiger partial charge in [0, 0.05) is 17.5 Å². The summed E-state index contributed by atoms with van der Waals surface area (Å²) in [6.07, 6.45) is -0.284. The highest BCUT2D eigenvalue weighted by Crippen LogP contribution is 2.25. The molecule has 4 N–H and O–H groups in total. The molecule has 0 amide bonds. The van der Waals surface area contributed by atoms with Crippen LogP contribution in [-0.4, -0.2) is 35.3 Å². The molecule has 1 unspecified atom stereocenters. The van der Waals surface area contributed by atoms with Gasteiger partial charge in [0.1, 0.15) is 17.4 Å². The molecule has 0 aliphatic rings. The fourth-order valence-electron chi connectivity index (χ4n) is 2.45. The molecule has 0 radical (unpaired) electrons. The second kappa shape index (κ2) is 7.14. The van der Waals surface area contributed by atoms with E-state index in [4.69, 9.17) is 20.0 Å². The van der Waals surface area contributed by atoms with E-state index in [1.54, 1.807) is 12.1 Å². The maximum atomic E-state index is 11.7. The fraction of sp³-hybridized carbons (Fsp3) is 0.312. The average molecular weight is 335 g/mol. The van der Waals surface area contributed by atoms with E-state index in [2.05, 4.69) is 0 Å². The Hall–Kier alpha value is -2.87. The van der Waals surface area contributed by atoms with Crippen molar-refractivity contribution in [2.75, 3.05) is 7.11 Å². The smallest absolute Gasteiger partial charge is 0.336 e. The van der Waals surface area contributed by atoms with Gasteiger partial charge in [-0.1, -0.05) is 0 Å². The third-order valence-corrected chi connectivity index (χ3v) is 3.71. The lowest BCUT2D eigenvalue weighted by molar-refractivity contribution is -0.143. The molecular formula is C16H17NO7. The zero-order valence-corrected chi connectivity index (χ0v) is 12.9. The molecule has 1 aromatic heterocycles. The number of hydrogen-bond acceptors (Lipinski definition) is 6. The number of ether oxygens (including phenoxy) is 1. The first-order valence-electron chi connectivity index (χ1n) is 7.13. The largest absolute Gasteiger partial charge is 0.497 e. The van der Waals surface area contributed by atoms with Crippen LogP contribution >= 0.6 is 0 Å².